The van der Waals surface area contributed by atoms with Gasteiger partial charge in [-0.05, 0) is 24.3 Å². The van der Waals surface area contributed by atoms with Crippen LogP contribution in [0.1, 0.15) is 16.1 Å². The van der Waals surface area contributed by atoms with Gasteiger partial charge in [0.25, 0.3) is 5.91 Å². The molecule has 122 valence electrons. The van der Waals surface area contributed by atoms with E-state index in [1.165, 1.54) is 11.3 Å². The second kappa shape index (κ2) is 8.02. The van der Waals surface area contributed by atoms with Crippen LogP contribution in [0, 0.1) is 0 Å². The normalized spacial score (nSPS) is 24.2. The lowest BCUT2D eigenvalue weighted by molar-refractivity contribution is 0.0246. The number of hydrogen-bond donors (Lipinski definition) is 0. The highest BCUT2D eigenvalue weighted by Gasteiger charge is 2.29. The molecule has 0 saturated carbocycles. The van der Waals surface area contributed by atoms with Crippen LogP contribution in [-0.2, 0) is 4.74 Å². The molecular weight excluding hydrogens is 340 g/mol. The molecule has 2 saturated heterocycles. The van der Waals surface area contributed by atoms with E-state index in [0.717, 1.165) is 62.2 Å². The monoisotopic (exact) mass is 360 g/mol. The summed E-state index contributed by atoms with van der Waals surface area (Å²) in [6.07, 6.45) is 1.06. The minimum absolute atomic E-state index is 0.137. The summed E-state index contributed by atoms with van der Waals surface area (Å²) in [5, 5.41) is 0. The van der Waals surface area contributed by atoms with Crippen LogP contribution in [0.2, 0.25) is 4.34 Å². The molecule has 3 rings (SSSR count). The van der Waals surface area contributed by atoms with E-state index in [0.29, 0.717) is 4.34 Å². The number of halogens is 1. The summed E-state index contributed by atoms with van der Waals surface area (Å²) in [5.41, 5.74) is 0. The number of hydrogen-bond acceptors (Lipinski definition) is 5. The van der Waals surface area contributed by atoms with Crippen molar-refractivity contribution in [1.29, 1.82) is 0 Å². The minimum atomic E-state index is 0.137. The van der Waals surface area contributed by atoms with E-state index < -0.39 is 0 Å². The van der Waals surface area contributed by atoms with Crippen molar-refractivity contribution in [3.05, 3.63) is 21.3 Å². The molecule has 2 aliphatic rings. The van der Waals surface area contributed by atoms with Gasteiger partial charge in [0.2, 0.25) is 0 Å². The molecule has 7 heteroatoms. The average Bonchev–Trinajstić information content (AvgIpc) is 2.84. The first kappa shape index (κ1) is 16.6. The number of ether oxygens (including phenoxy) is 1. The summed E-state index contributed by atoms with van der Waals surface area (Å²) in [6, 6.07) is 3.93. The van der Waals surface area contributed by atoms with E-state index in [2.05, 4.69) is 9.80 Å². The van der Waals surface area contributed by atoms with Gasteiger partial charge in [-0.3, -0.25) is 9.69 Å². The molecule has 0 spiro atoms. The van der Waals surface area contributed by atoms with Crippen molar-refractivity contribution in [3.63, 3.8) is 0 Å². The van der Waals surface area contributed by atoms with E-state index >= 15 is 0 Å². The first-order chi connectivity index (χ1) is 10.7. The SMILES string of the molecule is O=C(c1ccc(Cl)s1)N1CCCSC[C@H]1CN1CCOCC1. The zero-order valence-electron chi connectivity index (χ0n) is 12.5. The largest absolute Gasteiger partial charge is 0.379 e. The van der Waals surface area contributed by atoms with Gasteiger partial charge in [0.05, 0.1) is 28.5 Å². The Bertz CT molecular complexity index is 505. The number of carbonyl (C=O) groups excluding carboxylic acids is 1. The molecule has 1 atom stereocenters. The van der Waals surface area contributed by atoms with E-state index in [1.54, 1.807) is 0 Å². The minimum Gasteiger partial charge on any atom is -0.379 e. The lowest BCUT2D eigenvalue weighted by atomic mass is 10.2. The summed E-state index contributed by atoms with van der Waals surface area (Å²) >= 11 is 9.33. The second-order valence-corrected chi connectivity index (χ2v) is 8.46. The highest BCUT2D eigenvalue weighted by molar-refractivity contribution is 7.99. The Labute approximate surface area is 144 Å². The van der Waals surface area contributed by atoms with Gasteiger partial charge in [0.15, 0.2) is 0 Å². The maximum atomic E-state index is 12.8. The van der Waals surface area contributed by atoms with Crippen molar-refractivity contribution in [1.82, 2.24) is 9.80 Å². The van der Waals surface area contributed by atoms with Gasteiger partial charge < -0.3 is 9.64 Å². The van der Waals surface area contributed by atoms with E-state index in [4.69, 9.17) is 16.3 Å². The molecule has 1 aromatic rings. The van der Waals surface area contributed by atoms with Crippen molar-refractivity contribution in [2.24, 2.45) is 0 Å². The Morgan fingerprint density at radius 3 is 2.86 bits per heavy atom. The first-order valence-corrected chi connectivity index (χ1v) is 10.0. The fraction of sp³-hybridized carbons (Fsp3) is 0.667. The van der Waals surface area contributed by atoms with Crippen LogP contribution in [-0.4, -0.2) is 72.6 Å². The van der Waals surface area contributed by atoms with Crippen molar-refractivity contribution < 1.29 is 9.53 Å². The predicted octanol–water partition coefficient (Wildman–Crippen LogP) is 2.68. The van der Waals surface area contributed by atoms with E-state index in [1.807, 2.05) is 23.9 Å². The van der Waals surface area contributed by atoms with Crippen LogP contribution in [0.15, 0.2) is 12.1 Å². The fourth-order valence-corrected chi connectivity index (χ4v) is 4.96. The van der Waals surface area contributed by atoms with Gasteiger partial charge in [0.1, 0.15) is 0 Å². The zero-order valence-corrected chi connectivity index (χ0v) is 14.9. The Balaban J connectivity index is 1.70. The maximum absolute atomic E-state index is 12.8. The van der Waals surface area contributed by atoms with Crippen molar-refractivity contribution in [2.75, 3.05) is 50.9 Å². The summed E-state index contributed by atoms with van der Waals surface area (Å²) in [6.45, 7) is 5.32. The van der Waals surface area contributed by atoms with Crippen molar-refractivity contribution >= 4 is 40.6 Å². The summed E-state index contributed by atoms with van der Waals surface area (Å²) in [4.78, 5) is 18.1. The van der Waals surface area contributed by atoms with Gasteiger partial charge in [-0.25, -0.2) is 0 Å². The molecule has 2 aliphatic heterocycles. The lowest BCUT2D eigenvalue weighted by Crippen LogP contribution is -2.50. The molecule has 1 aromatic heterocycles. The molecule has 2 fully saturated rings. The number of thioether (sulfide) groups is 1. The smallest absolute Gasteiger partial charge is 0.264 e. The number of morpholine rings is 1. The quantitative estimate of drug-likeness (QED) is 0.829. The molecule has 0 radical (unpaired) electrons. The number of amides is 1. The molecule has 0 aromatic carbocycles. The van der Waals surface area contributed by atoms with Crippen LogP contribution in [0.4, 0.5) is 0 Å². The van der Waals surface area contributed by atoms with Crippen LogP contribution in [0.5, 0.6) is 0 Å². The maximum Gasteiger partial charge on any atom is 0.264 e. The predicted molar refractivity (Wildman–Crippen MR) is 93.4 cm³/mol. The molecule has 0 bridgehead atoms. The van der Waals surface area contributed by atoms with Gasteiger partial charge in [-0.1, -0.05) is 11.6 Å². The number of nitrogens with zero attached hydrogens (tertiary/aromatic N) is 2. The number of rotatable bonds is 3. The van der Waals surface area contributed by atoms with Gasteiger partial charge in [-0.15, -0.1) is 11.3 Å². The second-order valence-electron chi connectivity index (χ2n) is 5.60. The molecule has 0 unspecified atom stereocenters. The number of thiophene rings is 1. The molecule has 0 aliphatic carbocycles. The molecule has 22 heavy (non-hydrogen) atoms. The van der Waals surface area contributed by atoms with Gasteiger partial charge >= 0.3 is 0 Å². The fourth-order valence-electron chi connectivity index (χ4n) is 2.90. The van der Waals surface area contributed by atoms with Crippen LogP contribution < -0.4 is 0 Å². The molecule has 1 amide bonds. The van der Waals surface area contributed by atoms with Gasteiger partial charge in [-0.2, -0.15) is 11.8 Å². The summed E-state index contributed by atoms with van der Waals surface area (Å²) in [7, 11) is 0. The number of carbonyl (C=O) groups is 1. The molecule has 0 N–H and O–H groups in total. The van der Waals surface area contributed by atoms with Crippen LogP contribution in [0.3, 0.4) is 0 Å². The zero-order chi connectivity index (χ0) is 15.4. The van der Waals surface area contributed by atoms with Crippen molar-refractivity contribution in [2.45, 2.75) is 12.5 Å². The van der Waals surface area contributed by atoms with Crippen LogP contribution in [0.25, 0.3) is 0 Å². The van der Waals surface area contributed by atoms with Crippen LogP contribution >= 0.6 is 34.7 Å². The Morgan fingerprint density at radius 2 is 2.14 bits per heavy atom. The highest BCUT2D eigenvalue weighted by atomic mass is 35.5. The summed E-state index contributed by atoms with van der Waals surface area (Å²) in [5.74, 6) is 2.29. The standard InChI is InChI=1S/C15H21ClN2O2S2/c16-14-3-2-13(22-14)15(19)18-4-1-9-21-11-12(18)10-17-5-7-20-8-6-17/h2-3,12H,1,4-11H2/t12-/m1/s1. The summed E-state index contributed by atoms with van der Waals surface area (Å²) < 4.78 is 6.10. The Morgan fingerprint density at radius 1 is 1.32 bits per heavy atom. The highest BCUT2D eigenvalue weighted by Crippen LogP contribution is 2.26. The Kier molecular flexibility index (Phi) is 6.04. The molecule has 4 nitrogen and oxygen atoms in total. The third kappa shape index (κ3) is 4.17. The van der Waals surface area contributed by atoms with E-state index in [-0.39, 0.29) is 11.9 Å². The van der Waals surface area contributed by atoms with Crippen molar-refractivity contribution in [3.8, 4) is 0 Å². The lowest BCUT2D eigenvalue weighted by Gasteiger charge is -2.35. The average molecular weight is 361 g/mol. The molecular formula is C15H21ClN2O2S2. The van der Waals surface area contributed by atoms with Gasteiger partial charge in [0, 0.05) is 31.9 Å². The third-order valence-corrected chi connectivity index (χ3v) is 6.47. The van der Waals surface area contributed by atoms with E-state index in [9.17, 15) is 4.79 Å². The third-order valence-electron chi connectivity index (χ3n) is 4.06. The topological polar surface area (TPSA) is 32.8 Å². The first-order valence-electron chi connectivity index (χ1n) is 7.68. The Hall–Kier alpha value is -0.270. The molecule has 3 heterocycles.